The summed E-state index contributed by atoms with van der Waals surface area (Å²) < 4.78 is 5.44. The molecular weight excluding hydrogens is 500 g/mol. The lowest BCUT2D eigenvalue weighted by molar-refractivity contribution is -0.159. The maximum atomic E-state index is 13.1. The number of carbonyl (C=O) groups excluding carboxylic acids is 5. The molecule has 0 aliphatic rings. The highest BCUT2D eigenvalue weighted by atomic mass is 16.6. The third-order valence-corrected chi connectivity index (χ3v) is 6.03. The molecule has 0 unspecified atom stereocenters. The van der Waals surface area contributed by atoms with Crippen LogP contribution in [0, 0.1) is 11.8 Å². The number of amides is 4. The zero-order chi connectivity index (χ0) is 30.2. The minimum absolute atomic E-state index is 0.0591. The number of nitrogens with two attached hydrogens (primary N) is 1. The van der Waals surface area contributed by atoms with Gasteiger partial charge < -0.3 is 26.4 Å². The minimum atomic E-state index is -1.31. The van der Waals surface area contributed by atoms with Crippen molar-refractivity contribution in [1.82, 2.24) is 16.0 Å². The maximum Gasteiger partial charge on any atom is 0.329 e. The van der Waals surface area contributed by atoms with Crippen molar-refractivity contribution in [3.63, 3.8) is 0 Å². The largest absolute Gasteiger partial charge is 0.458 e. The van der Waals surface area contributed by atoms with Crippen LogP contribution < -0.4 is 21.7 Å². The number of primary amides is 1. The average Bonchev–Trinajstić information content (AvgIpc) is 2.79. The first-order valence-corrected chi connectivity index (χ1v) is 14.5. The van der Waals surface area contributed by atoms with Gasteiger partial charge in [0.25, 0.3) is 0 Å². The Hall–Kier alpha value is -2.65. The molecule has 0 saturated carbocycles. The number of hydrogen-bond acceptors (Lipinski definition) is 6. The van der Waals surface area contributed by atoms with Gasteiger partial charge in [0, 0.05) is 6.42 Å². The molecule has 0 aromatic carbocycles. The van der Waals surface area contributed by atoms with E-state index >= 15 is 0 Å². The van der Waals surface area contributed by atoms with Crippen LogP contribution in [0.5, 0.6) is 0 Å². The fourth-order valence-electron chi connectivity index (χ4n) is 4.03. The molecule has 0 aromatic heterocycles. The molecular formula is C29H54N4O6. The van der Waals surface area contributed by atoms with Crippen LogP contribution in [0.3, 0.4) is 0 Å². The summed E-state index contributed by atoms with van der Waals surface area (Å²) in [6.45, 7) is 14.7. The van der Waals surface area contributed by atoms with Crippen LogP contribution in [0.4, 0.5) is 0 Å². The number of ether oxygens (including phenoxy) is 1. The number of carbonyl (C=O) groups is 5. The third kappa shape index (κ3) is 17.5. The SMILES string of the molecule is CCCCCCCCCC(=O)N[C@H](C(=O)N[C@@H](CC(N)=O)C(=O)N[C@@H](CC(C)C)C(=O)OC(C)(C)C)C(C)C. The summed E-state index contributed by atoms with van der Waals surface area (Å²) in [5.74, 6) is -3.18. The standard InChI is InChI=1S/C29H54N4O6/c1-9-10-11-12-13-14-15-16-24(35)33-25(20(4)5)27(37)31-21(18-23(30)34)26(36)32-22(17-19(2)3)28(38)39-29(6,7)8/h19-22,25H,9-18H2,1-8H3,(H2,30,34)(H,31,37)(H,32,36)(H,33,35)/t21-,22-,25-/m0/s1. The Morgan fingerprint density at radius 2 is 1.31 bits per heavy atom. The van der Waals surface area contributed by atoms with E-state index in [0.29, 0.717) is 12.8 Å². The first-order valence-electron chi connectivity index (χ1n) is 14.5. The van der Waals surface area contributed by atoms with Crippen LogP contribution in [-0.2, 0) is 28.7 Å². The van der Waals surface area contributed by atoms with Gasteiger partial charge in [-0.15, -0.1) is 0 Å². The Bertz CT molecular complexity index is 791. The van der Waals surface area contributed by atoms with Crippen molar-refractivity contribution in [2.24, 2.45) is 17.6 Å². The Labute approximate surface area is 235 Å². The van der Waals surface area contributed by atoms with Gasteiger partial charge in [0.05, 0.1) is 6.42 Å². The smallest absolute Gasteiger partial charge is 0.329 e. The number of unbranched alkanes of at least 4 members (excludes halogenated alkanes) is 6. The molecule has 0 aromatic rings. The molecule has 0 bridgehead atoms. The van der Waals surface area contributed by atoms with E-state index < -0.39 is 53.8 Å². The second-order valence-corrected chi connectivity index (χ2v) is 12.1. The first kappa shape index (κ1) is 36.4. The fourth-order valence-corrected chi connectivity index (χ4v) is 4.03. The summed E-state index contributed by atoms with van der Waals surface area (Å²) in [5.41, 5.74) is 4.60. The van der Waals surface area contributed by atoms with E-state index in [4.69, 9.17) is 10.5 Å². The molecule has 10 heteroatoms. The molecule has 0 heterocycles. The van der Waals surface area contributed by atoms with Crippen LogP contribution in [0.2, 0.25) is 0 Å². The molecule has 10 nitrogen and oxygen atoms in total. The summed E-state index contributed by atoms with van der Waals surface area (Å²) in [4.78, 5) is 63.2. The van der Waals surface area contributed by atoms with Gasteiger partial charge in [-0.3, -0.25) is 19.2 Å². The van der Waals surface area contributed by atoms with Crippen LogP contribution in [-0.4, -0.2) is 53.3 Å². The molecule has 0 fully saturated rings. The second-order valence-electron chi connectivity index (χ2n) is 12.1. The summed E-state index contributed by atoms with van der Waals surface area (Å²) in [6.07, 6.45) is 7.68. The molecule has 0 radical (unpaired) electrons. The number of hydrogen-bond donors (Lipinski definition) is 4. The fraction of sp³-hybridized carbons (Fsp3) is 0.828. The molecule has 0 spiro atoms. The van der Waals surface area contributed by atoms with Gasteiger partial charge in [-0.25, -0.2) is 4.79 Å². The highest BCUT2D eigenvalue weighted by molar-refractivity contribution is 5.95. The monoisotopic (exact) mass is 554 g/mol. The van der Waals surface area contributed by atoms with Crippen molar-refractivity contribution in [1.29, 1.82) is 0 Å². The molecule has 3 atom stereocenters. The van der Waals surface area contributed by atoms with Gasteiger partial charge in [0.1, 0.15) is 23.7 Å². The van der Waals surface area contributed by atoms with Crippen LogP contribution in [0.1, 0.15) is 120 Å². The van der Waals surface area contributed by atoms with Crippen LogP contribution in [0.25, 0.3) is 0 Å². The Balaban J connectivity index is 5.30. The van der Waals surface area contributed by atoms with E-state index in [1.54, 1.807) is 34.6 Å². The Morgan fingerprint density at radius 1 is 0.769 bits per heavy atom. The van der Waals surface area contributed by atoms with Gasteiger partial charge in [0.15, 0.2) is 0 Å². The Kier molecular flexibility index (Phi) is 17.3. The van der Waals surface area contributed by atoms with Crippen molar-refractivity contribution in [2.75, 3.05) is 0 Å². The molecule has 226 valence electrons. The lowest BCUT2D eigenvalue weighted by Gasteiger charge is -2.28. The van der Waals surface area contributed by atoms with Crippen LogP contribution >= 0.6 is 0 Å². The highest BCUT2D eigenvalue weighted by Crippen LogP contribution is 2.14. The van der Waals surface area contributed by atoms with E-state index in [2.05, 4.69) is 22.9 Å². The van der Waals surface area contributed by atoms with Crippen molar-refractivity contribution >= 4 is 29.6 Å². The summed E-state index contributed by atoms with van der Waals surface area (Å²) in [7, 11) is 0. The molecule has 4 amide bonds. The lowest BCUT2D eigenvalue weighted by atomic mass is 10.0. The number of nitrogens with one attached hydrogen (secondary N) is 3. The highest BCUT2D eigenvalue weighted by Gasteiger charge is 2.33. The summed E-state index contributed by atoms with van der Waals surface area (Å²) >= 11 is 0. The summed E-state index contributed by atoms with van der Waals surface area (Å²) in [5, 5.41) is 7.94. The third-order valence-electron chi connectivity index (χ3n) is 6.03. The van der Waals surface area contributed by atoms with Crippen molar-refractivity contribution in [2.45, 2.75) is 143 Å². The Morgan fingerprint density at radius 3 is 1.79 bits per heavy atom. The lowest BCUT2D eigenvalue weighted by Crippen LogP contribution is -2.58. The number of esters is 1. The average molecular weight is 555 g/mol. The van der Waals surface area contributed by atoms with Gasteiger partial charge in [-0.1, -0.05) is 73.1 Å². The predicted molar refractivity (Wildman–Crippen MR) is 152 cm³/mol. The van der Waals surface area contributed by atoms with Crippen LogP contribution in [0.15, 0.2) is 0 Å². The molecule has 0 aliphatic heterocycles. The molecule has 0 aliphatic carbocycles. The summed E-state index contributed by atoms with van der Waals surface area (Å²) in [6, 6.07) is -3.18. The van der Waals surface area contributed by atoms with Gasteiger partial charge in [0.2, 0.25) is 23.6 Å². The van der Waals surface area contributed by atoms with Crippen molar-refractivity contribution in [3.05, 3.63) is 0 Å². The minimum Gasteiger partial charge on any atom is -0.458 e. The zero-order valence-electron chi connectivity index (χ0n) is 25.5. The van der Waals surface area contributed by atoms with Gasteiger partial charge >= 0.3 is 5.97 Å². The quantitative estimate of drug-likeness (QED) is 0.141. The maximum absolute atomic E-state index is 13.1. The van der Waals surface area contributed by atoms with E-state index in [1.807, 2.05) is 13.8 Å². The molecule has 39 heavy (non-hydrogen) atoms. The second kappa shape index (κ2) is 18.6. The van der Waals surface area contributed by atoms with Gasteiger partial charge in [-0.2, -0.15) is 0 Å². The molecule has 0 saturated heterocycles. The van der Waals surface area contributed by atoms with Gasteiger partial charge in [-0.05, 0) is 45.4 Å². The van der Waals surface area contributed by atoms with E-state index in [1.165, 1.54) is 19.3 Å². The normalized spacial score (nSPS) is 13.9. The predicted octanol–water partition coefficient (Wildman–Crippen LogP) is 3.50. The zero-order valence-corrected chi connectivity index (χ0v) is 25.5. The first-order chi connectivity index (χ1) is 18.1. The topological polar surface area (TPSA) is 157 Å². The van der Waals surface area contributed by atoms with E-state index in [0.717, 1.165) is 25.7 Å². The van der Waals surface area contributed by atoms with E-state index in [-0.39, 0.29) is 17.7 Å². The van der Waals surface area contributed by atoms with Crippen molar-refractivity contribution < 1.29 is 28.7 Å². The molecule has 0 rings (SSSR count). The van der Waals surface area contributed by atoms with Crippen molar-refractivity contribution in [3.8, 4) is 0 Å². The number of rotatable bonds is 19. The van der Waals surface area contributed by atoms with E-state index in [9.17, 15) is 24.0 Å². The molecule has 5 N–H and O–H groups in total.